The average Bonchev–Trinajstić information content (AvgIpc) is 3.18. The smallest absolute Gasteiger partial charge is 0.103 e. The average molecular weight is 370 g/mol. The molecule has 2 aromatic carbocycles. The first kappa shape index (κ1) is 15.6. The fraction of sp³-hybridized carbons (Fsp3) is 0.0588. The number of aromatic nitrogens is 3. The van der Waals surface area contributed by atoms with Gasteiger partial charge in [-0.05, 0) is 48.4 Å². The first-order valence-electron chi connectivity index (χ1n) is 7.38. The van der Waals surface area contributed by atoms with Crippen LogP contribution in [-0.2, 0) is 0 Å². The van der Waals surface area contributed by atoms with Crippen LogP contribution in [0.5, 0.6) is 0 Å². The Kier molecular flexibility index (Phi) is 4.27. The molecule has 120 valence electrons. The number of aryl methyl sites for hydroxylation is 1. The Hall–Kier alpha value is -1.88. The van der Waals surface area contributed by atoms with Crippen molar-refractivity contribution in [3.63, 3.8) is 0 Å². The van der Waals surface area contributed by atoms with E-state index in [-0.39, 0.29) is 0 Å². The monoisotopic (exact) mass is 370 g/mol. The van der Waals surface area contributed by atoms with Crippen LogP contribution >= 0.6 is 32.5 Å². The Morgan fingerprint density at radius 3 is 2.92 bits per heavy atom. The van der Waals surface area contributed by atoms with E-state index in [9.17, 15) is 0 Å². The number of fused-ring (bicyclic) bond motifs is 1. The molecule has 4 aromatic rings. The lowest BCUT2D eigenvalue weighted by Crippen LogP contribution is -1.90. The van der Waals surface area contributed by atoms with E-state index in [1.807, 2.05) is 18.5 Å². The number of rotatable bonds is 4. The Balaban J connectivity index is 1.67. The molecule has 7 heteroatoms. The minimum atomic E-state index is 0.969. The largest absolute Gasteiger partial charge is 0.325 e. The van der Waals surface area contributed by atoms with E-state index in [4.69, 9.17) is 0 Å². The van der Waals surface area contributed by atoms with Crippen LogP contribution in [0.4, 0.5) is 5.69 Å². The molecule has 24 heavy (non-hydrogen) atoms. The number of anilines is 1. The zero-order valence-electron chi connectivity index (χ0n) is 12.9. The summed E-state index contributed by atoms with van der Waals surface area (Å²) in [5.41, 5.74) is 7.08. The van der Waals surface area contributed by atoms with Crippen LogP contribution in [0.1, 0.15) is 5.69 Å². The fourth-order valence-electron chi connectivity index (χ4n) is 2.48. The molecule has 1 atom stereocenters. The number of nitrogens with zero attached hydrogens (tertiary/aromatic N) is 2. The van der Waals surface area contributed by atoms with Crippen molar-refractivity contribution in [3.05, 3.63) is 53.7 Å². The van der Waals surface area contributed by atoms with Crippen LogP contribution in [0, 0.1) is 6.92 Å². The lowest BCUT2D eigenvalue weighted by Gasteiger charge is -2.05. The molecule has 1 unspecified atom stereocenters. The maximum atomic E-state index is 4.50. The molecule has 0 saturated heterocycles. The van der Waals surface area contributed by atoms with Crippen LogP contribution in [0.2, 0.25) is 0 Å². The van der Waals surface area contributed by atoms with Crippen molar-refractivity contribution in [1.82, 2.24) is 15.2 Å². The molecule has 0 fully saturated rings. The predicted molar refractivity (Wildman–Crippen MR) is 107 cm³/mol. The zero-order valence-corrected chi connectivity index (χ0v) is 15.7. The fourth-order valence-corrected chi connectivity index (χ4v) is 4.28. The lowest BCUT2D eigenvalue weighted by molar-refractivity contribution is 1.12. The second kappa shape index (κ2) is 6.55. The molecule has 0 aliphatic carbocycles. The second-order valence-corrected chi connectivity index (χ2v) is 7.98. The number of aromatic amines is 1. The van der Waals surface area contributed by atoms with Crippen LogP contribution < -0.4 is 10.0 Å². The van der Waals surface area contributed by atoms with E-state index in [0.29, 0.717) is 0 Å². The normalized spacial score (nSPS) is 11.1. The molecule has 0 saturated carbocycles. The number of thiazole rings is 1. The van der Waals surface area contributed by atoms with Gasteiger partial charge in [-0.2, -0.15) is 5.10 Å². The van der Waals surface area contributed by atoms with E-state index in [0.717, 1.165) is 38.8 Å². The van der Waals surface area contributed by atoms with Gasteiger partial charge in [0.2, 0.25) is 0 Å². The first-order valence-corrected chi connectivity index (χ1v) is 9.65. The topological polar surface area (TPSA) is 53.6 Å². The van der Waals surface area contributed by atoms with Gasteiger partial charge >= 0.3 is 0 Å². The van der Waals surface area contributed by atoms with Gasteiger partial charge in [0.05, 0.1) is 22.4 Å². The lowest BCUT2D eigenvalue weighted by atomic mass is 10.1. The molecule has 2 heterocycles. The van der Waals surface area contributed by atoms with Crippen molar-refractivity contribution in [3.8, 4) is 11.3 Å². The molecule has 2 aromatic heterocycles. The summed E-state index contributed by atoms with van der Waals surface area (Å²) in [7, 11) is 2.73. The van der Waals surface area contributed by atoms with E-state index in [1.54, 1.807) is 23.3 Å². The summed E-state index contributed by atoms with van der Waals surface area (Å²) in [5, 5.41) is 9.86. The van der Waals surface area contributed by atoms with Gasteiger partial charge < -0.3 is 4.72 Å². The second-order valence-electron chi connectivity index (χ2n) is 5.39. The van der Waals surface area contributed by atoms with Crippen molar-refractivity contribution < 1.29 is 0 Å². The van der Waals surface area contributed by atoms with Gasteiger partial charge in [-0.1, -0.05) is 18.2 Å². The summed E-state index contributed by atoms with van der Waals surface area (Å²) in [6.45, 7) is 2.02. The summed E-state index contributed by atoms with van der Waals surface area (Å²) < 4.78 is 4.58. The highest BCUT2D eigenvalue weighted by atomic mass is 32.2. The molecule has 0 bridgehead atoms. The molecule has 0 amide bonds. The molecule has 4 nitrogen and oxygen atoms in total. The predicted octanol–water partition coefficient (Wildman–Crippen LogP) is 4.61. The van der Waals surface area contributed by atoms with Crippen LogP contribution in [0.15, 0.2) is 52.2 Å². The van der Waals surface area contributed by atoms with Gasteiger partial charge in [0.1, 0.15) is 4.21 Å². The summed E-state index contributed by atoms with van der Waals surface area (Å²) in [4.78, 5) is 4.27. The van der Waals surface area contributed by atoms with Gasteiger partial charge in [0, 0.05) is 16.6 Å². The summed E-state index contributed by atoms with van der Waals surface area (Å²) in [5.74, 6) is 0. The van der Waals surface area contributed by atoms with Gasteiger partial charge in [0.15, 0.2) is 0 Å². The van der Waals surface area contributed by atoms with Crippen molar-refractivity contribution in [1.29, 1.82) is 0 Å². The SMILES string of the molecule is Cc1ncsc1SNc1ccc2[nH]nc(-c3cccc(P)c3)c2c1. The third-order valence-corrected chi connectivity index (χ3v) is 6.12. The molecule has 4 rings (SSSR count). The summed E-state index contributed by atoms with van der Waals surface area (Å²) >= 11 is 3.24. The van der Waals surface area contributed by atoms with E-state index in [2.05, 4.69) is 65.5 Å². The highest BCUT2D eigenvalue weighted by Crippen LogP contribution is 2.31. The maximum Gasteiger partial charge on any atom is 0.103 e. The Labute approximate surface area is 150 Å². The van der Waals surface area contributed by atoms with Gasteiger partial charge in [-0.25, -0.2) is 4.98 Å². The van der Waals surface area contributed by atoms with Crippen molar-refractivity contribution in [2.75, 3.05) is 4.72 Å². The molecule has 2 N–H and O–H groups in total. The Morgan fingerprint density at radius 2 is 2.12 bits per heavy atom. The van der Waals surface area contributed by atoms with Gasteiger partial charge in [-0.15, -0.1) is 20.6 Å². The number of hydrogen-bond donors (Lipinski definition) is 2. The Morgan fingerprint density at radius 1 is 1.21 bits per heavy atom. The zero-order chi connectivity index (χ0) is 16.5. The molecule has 0 aliphatic heterocycles. The third-order valence-electron chi connectivity index (χ3n) is 3.69. The standard InChI is InChI=1S/C17H15N4PS2/c1-10-17(23-9-18-10)24-21-12-5-6-15-14(8-12)16(20-19-15)11-3-2-4-13(22)7-11/h2-9,21H,22H2,1H3,(H,19,20). The number of hydrogen-bond acceptors (Lipinski definition) is 5. The quantitative estimate of drug-likeness (QED) is 0.407. The number of H-pyrrole nitrogens is 1. The minimum Gasteiger partial charge on any atom is -0.325 e. The van der Waals surface area contributed by atoms with Gasteiger partial charge in [-0.3, -0.25) is 5.10 Å². The summed E-state index contributed by atoms with van der Waals surface area (Å²) in [6.07, 6.45) is 0. The van der Waals surface area contributed by atoms with Crippen LogP contribution in [0.25, 0.3) is 22.2 Å². The minimum absolute atomic E-state index is 0.969. The van der Waals surface area contributed by atoms with Crippen LogP contribution in [-0.4, -0.2) is 15.2 Å². The Bertz CT molecular complexity index is 1010. The molecular formula is C17H15N4PS2. The van der Waals surface area contributed by atoms with Gasteiger partial charge in [0.25, 0.3) is 0 Å². The molecule has 0 spiro atoms. The van der Waals surface area contributed by atoms with Crippen LogP contribution in [0.3, 0.4) is 0 Å². The maximum absolute atomic E-state index is 4.50. The summed E-state index contributed by atoms with van der Waals surface area (Å²) in [6, 6.07) is 14.5. The van der Waals surface area contributed by atoms with E-state index < -0.39 is 0 Å². The van der Waals surface area contributed by atoms with Crippen molar-refractivity contribution in [2.24, 2.45) is 0 Å². The van der Waals surface area contributed by atoms with Crippen molar-refractivity contribution in [2.45, 2.75) is 11.1 Å². The third kappa shape index (κ3) is 3.05. The number of nitrogens with one attached hydrogen (secondary N) is 2. The molecule has 0 aliphatic rings. The number of benzene rings is 2. The highest BCUT2D eigenvalue weighted by molar-refractivity contribution is 8.02. The van der Waals surface area contributed by atoms with E-state index >= 15 is 0 Å². The molecular weight excluding hydrogens is 355 g/mol. The highest BCUT2D eigenvalue weighted by Gasteiger charge is 2.10. The first-order chi connectivity index (χ1) is 11.7. The van der Waals surface area contributed by atoms with E-state index in [1.165, 1.54) is 4.21 Å². The van der Waals surface area contributed by atoms with Crippen molar-refractivity contribution >= 4 is 54.4 Å². The molecule has 0 radical (unpaired) electrons.